The molecule has 1 aliphatic rings. The van der Waals surface area contributed by atoms with E-state index in [1.165, 1.54) is 4.90 Å². The molecular formula is C16H25NO4. The van der Waals surface area contributed by atoms with Gasteiger partial charge in [-0.25, -0.2) is 4.90 Å². The fourth-order valence-electron chi connectivity index (χ4n) is 2.10. The van der Waals surface area contributed by atoms with Gasteiger partial charge in [-0.3, -0.25) is 4.79 Å². The van der Waals surface area contributed by atoms with Crippen LogP contribution in [0, 0.1) is 0 Å². The number of aliphatic carboxylic acids is 1. The first-order valence-corrected chi connectivity index (χ1v) is 7.14. The Hall–Kier alpha value is -1.43. The molecule has 0 saturated heterocycles. The van der Waals surface area contributed by atoms with Crippen molar-refractivity contribution < 1.29 is 19.7 Å². The van der Waals surface area contributed by atoms with Crippen LogP contribution in [-0.2, 0) is 9.53 Å². The van der Waals surface area contributed by atoms with Gasteiger partial charge < -0.3 is 14.9 Å². The van der Waals surface area contributed by atoms with Crippen LogP contribution in [0.3, 0.4) is 0 Å². The minimum absolute atomic E-state index is 0.350. The topological polar surface area (TPSA) is 70.0 Å². The van der Waals surface area contributed by atoms with Crippen LogP contribution in [0.4, 0.5) is 0 Å². The molecule has 0 aromatic heterocycles. The number of rotatable bonds is 6. The van der Waals surface area contributed by atoms with Crippen LogP contribution in [0.1, 0.15) is 34.1 Å². The van der Waals surface area contributed by atoms with Gasteiger partial charge in [-0.2, -0.15) is 0 Å². The van der Waals surface area contributed by atoms with Crippen LogP contribution in [0.2, 0.25) is 0 Å². The molecule has 0 saturated carbocycles. The summed E-state index contributed by atoms with van der Waals surface area (Å²) in [5, 5.41) is 19.8. The lowest BCUT2D eigenvalue weighted by atomic mass is 10.0. The second-order valence-corrected chi connectivity index (χ2v) is 5.86. The third kappa shape index (κ3) is 5.46. The first-order chi connectivity index (χ1) is 9.76. The minimum atomic E-state index is -1.28. The molecule has 118 valence electrons. The number of aliphatic hydroxyl groups excluding tert-OH is 1. The van der Waals surface area contributed by atoms with E-state index in [2.05, 4.69) is 0 Å². The number of hydrogen-bond donors (Lipinski definition) is 2. The van der Waals surface area contributed by atoms with Crippen molar-refractivity contribution in [1.82, 2.24) is 4.90 Å². The lowest BCUT2D eigenvalue weighted by Gasteiger charge is -2.35. The smallest absolute Gasteiger partial charge is 0.325 e. The SMILES string of the molecule is CCN(C(O)OC(C)(C)C)C(C(=O)O)C1=CC=CCC=C1. The Bertz CT molecular complexity index is 446. The Labute approximate surface area is 126 Å². The summed E-state index contributed by atoms with van der Waals surface area (Å²) < 4.78 is 5.49. The van der Waals surface area contributed by atoms with Gasteiger partial charge in [-0.15, -0.1) is 0 Å². The van der Waals surface area contributed by atoms with E-state index in [0.29, 0.717) is 12.1 Å². The molecule has 1 rings (SSSR count). The largest absolute Gasteiger partial charge is 0.480 e. The Morgan fingerprint density at radius 2 is 2.10 bits per heavy atom. The standard InChI is InChI=1S/C16H25NO4/c1-5-17(15(20)21-16(2,3)4)13(14(18)19)12-10-8-6-7-9-11-12/h6,8-11,13,15,20H,5,7H2,1-4H3,(H,18,19). The molecule has 2 atom stereocenters. The fraction of sp³-hybridized carbons (Fsp3) is 0.562. The quantitative estimate of drug-likeness (QED) is 0.736. The number of allylic oxidation sites excluding steroid dienone is 4. The van der Waals surface area contributed by atoms with E-state index in [4.69, 9.17) is 4.74 Å². The second kappa shape index (κ2) is 7.54. The molecule has 0 amide bonds. The van der Waals surface area contributed by atoms with Crippen LogP contribution >= 0.6 is 0 Å². The maximum Gasteiger partial charge on any atom is 0.325 e. The maximum atomic E-state index is 11.7. The number of nitrogens with zero attached hydrogens (tertiary/aromatic N) is 1. The number of carbonyl (C=O) groups is 1. The van der Waals surface area contributed by atoms with Crippen LogP contribution in [0.25, 0.3) is 0 Å². The highest BCUT2D eigenvalue weighted by Gasteiger charge is 2.33. The van der Waals surface area contributed by atoms with E-state index in [9.17, 15) is 15.0 Å². The van der Waals surface area contributed by atoms with Crippen molar-refractivity contribution >= 4 is 5.97 Å². The Morgan fingerprint density at radius 1 is 1.43 bits per heavy atom. The zero-order valence-electron chi connectivity index (χ0n) is 13.1. The van der Waals surface area contributed by atoms with Gasteiger partial charge in [0.05, 0.1) is 5.60 Å². The van der Waals surface area contributed by atoms with E-state index in [1.54, 1.807) is 19.1 Å². The number of likely N-dealkylation sites (N-methyl/N-ethyl adjacent to an activating group) is 1. The molecule has 1 aliphatic carbocycles. The normalized spacial score (nSPS) is 18.3. The summed E-state index contributed by atoms with van der Waals surface area (Å²) in [6.45, 7) is 7.58. The first-order valence-electron chi connectivity index (χ1n) is 7.14. The monoisotopic (exact) mass is 295 g/mol. The van der Waals surface area contributed by atoms with E-state index in [-0.39, 0.29) is 0 Å². The number of aliphatic hydroxyl groups is 1. The van der Waals surface area contributed by atoms with Crippen LogP contribution < -0.4 is 0 Å². The zero-order valence-corrected chi connectivity index (χ0v) is 13.1. The molecule has 0 heterocycles. The molecule has 2 N–H and O–H groups in total. The van der Waals surface area contributed by atoms with Crippen molar-refractivity contribution in [2.24, 2.45) is 0 Å². The highest BCUT2D eigenvalue weighted by atomic mass is 16.6. The number of hydrogen-bond acceptors (Lipinski definition) is 4. The minimum Gasteiger partial charge on any atom is -0.480 e. The molecular weight excluding hydrogens is 270 g/mol. The van der Waals surface area contributed by atoms with Crippen molar-refractivity contribution in [3.63, 3.8) is 0 Å². The number of carboxylic acid groups (broad SMARTS) is 1. The lowest BCUT2D eigenvalue weighted by molar-refractivity contribution is -0.245. The molecule has 0 fully saturated rings. The van der Waals surface area contributed by atoms with Gasteiger partial charge in [0, 0.05) is 6.54 Å². The van der Waals surface area contributed by atoms with Crippen molar-refractivity contribution in [2.45, 2.75) is 52.2 Å². The Kier molecular flexibility index (Phi) is 6.33. The summed E-state index contributed by atoms with van der Waals surface area (Å²) >= 11 is 0. The molecule has 0 radical (unpaired) electrons. The summed E-state index contributed by atoms with van der Waals surface area (Å²) in [7, 11) is 0. The molecule has 5 heteroatoms. The second-order valence-electron chi connectivity index (χ2n) is 5.86. The lowest BCUT2D eigenvalue weighted by Crippen LogP contribution is -2.51. The summed E-state index contributed by atoms with van der Waals surface area (Å²) in [6.07, 6.45) is 8.70. The third-order valence-corrected chi connectivity index (χ3v) is 3.00. The van der Waals surface area contributed by atoms with E-state index in [0.717, 1.165) is 6.42 Å². The number of ether oxygens (including phenoxy) is 1. The Balaban J connectivity index is 3.03. The highest BCUT2D eigenvalue weighted by Crippen LogP contribution is 2.20. The maximum absolute atomic E-state index is 11.7. The van der Waals surface area contributed by atoms with Crippen molar-refractivity contribution in [1.29, 1.82) is 0 Å². The first kappa shape index (κ1) is 17.6. The Morgan fingerprint density at radius 3 is 2.62 bits per heavy atom. The molecule has 5 nitrogen and oxygen atoms in total. The van der Waals surface area contributed by atoms with Gasteiger partial charge in [0.2, 0.25) is 6.41 Å². The van der Waals surface area contributed by atoms with Crippen molar-refractivity contribution in [2.75, 3.05) is 6.54 Å². The van der Waals surface area contributed by atoms with E-state index >= 15 is 0 Å². The van der Waals surface area contributed by atoms with E-state index in [1.807, 2.05) is 39.0 Å². The highest BCUT2D eigenvalue weighted by molar-refractivity contribution is 5.78. The molecule has 0 aliphatic heterocycles. The molecule has 21 heavy (non-hydrogen) atoms. The van der Waals surface area contributed by atoms with Crippen LogP contribution in [0.5, 0.6) is 0 Å². The zero-order chi connectivity index (χ0) is 16.0. The van der Waals surface area contributed by atoms with Gasteiger partial charge in [-0.1, -0.05) is 37.3 Å². The average molecular weight is 295 g/mol. The van der Waals surface area contributed by atoms with Crippen molar-refractivity contribution in [3.8, 4) is 0 Å². The molecule has 0 spiro atoms. The third-order valence-electron chi connectivity index (χ3n) is 3.00. The summed E-state index contributed by atoms with van der Waals surface area (Å²) in [6, 6.07) is -0.952. The van der Waals surface area contributed by atoms with Gasteiger partial charge in [-0.05, 0) is 32.8 Å². The molecule has 2 unspecified atom stereocenters. The van der Waals surface area contributed by atoms with E-state index < -0.39 is 24.0 Å². The predicted molar refractivity (Wildman–Crippen MR) is 81.6 cm³/mol. The summed E-state index contributed by atoms with van der Waals surface area (Å²) in [4.78, 5) is 13.1. The van der Waals surface area contributed by atoms with Crippen LogP contribution in [-0.4, -0.2) is 45.7 Å². The van der Waals surface area contributed by atoms with Gasteiger partial charge in [0.25, 0.3) is 0 Å². The molecule has 0 aromatic rings. The van der Waals surface area contributed by atoms with Gasteiger partial charge >= 0.3 is 5.97 Å². The predicted octanol–water partition coefficient (Wildman–Crippen LogP) is 2.29. The summed E-state index contributed by atoms with van der Waals surface area (Å²) in [5.41, 5.74) is 0.0540. The molecule has 0 aromatic carbocycles. The van der Waals surface area contributed by atoms with Gasteiger partial charge in [0.1, 0.15) is 6.04 Å². The van der Waals surface area contributed by atoms with Crippen LogP contribution in [0.15, 0.2) is 36.0 Å². The van der Waals surface area contributed by atoms with Gasteiger partial charge in [0.15, 0.2) is 0 Å². The number of carboxylic acids is 1. The average Bonchev–Trinajstić information content (AvgIpc) is 2.61. The fourth-order valence-corrected chi connectivity index (χ4v) is 2.10. The summed E-state index contributed by atoms with van der Waals surface area (Å²) in [5.74, 6) is -1.01. The molecule has 0 bridgehead atoms. The van der Waals surface area contributed by atoms with Crippen molar-refractivity contribution in [3.05, 3.63) is 36.0 Å².